The first-order valence-electron chi connectivity index (χ1n) is 12.1. The number of carbonyl (C=O) groups is 1. The van der Waals surface area contributed by atoms with Crippen LogP contribution in [0.5, 0.6) is 11.5 Å². The minimum absolute atomic E-state index is 0.0202. The van der Waals surface area contributed by atoms with Crippen molar-refractivity contribution in [2.45, 2.75) is 65.2 Å². The van der Waals surface area contributed by atoms with Crippen molar-refractivity contribution >= 4 is 5.91 Å². The van der Waals surface area contributed by atoms with Crippen LogP contribution in [0.2, 0.25) is 0 Å². The summed E-state index contributed by atoms with van der Waals surface area (Å²) in [7, 11) is 1.63. The molecule has 0 spiro atoms. The molecule has 0 unspecified atom stereocenters. The summed E-state index contributed by atoms with van der Waals surface area (Å²) < 4.78 is 18.8. The van der Waals surface area contributed by atoms with Crippen LogP contribution in [0.1, 0.15) is 58.7 Å². The van der Waals surface area contributed by atoms with Gasteiger partial charge in [0.05, 0.1) is 37.5 Å². The number of nitrogens with zero attached hydrogens (tertiary/aromatic N) is 4. The molecule has 1 fully saturated rings. The molecule has 184 valence electrons. The van der Waals surface area contributed by atoms with Crippen LogP contribution in [0, 0.1) is 17.8 Å². The molecule has 4 atom stereocenters. The number of hydrogen-bond donors (Lipinski definition) is 0. The fourth-order valence-electron chi connectivity index (χ4n) is 4.21. The third kappa shape index (κ3) is 6.73. The fourth-order valence-corrected chi connectivity index (χ4v) is 4.21. The van der Waals surface area contributed by atoms with E-state index in [1.165, 1.54) is 0 Å². The molecule has 8 nitrogen and oxygen atoms in total. The molecule has 34 heavy (non-hydrogen) atoms. The lowest BCUT2D eigenvalue weighted by atomic mass is 9.99. The van der Waals surface area contributed by atoms with Gasteiger partial charge in [0.1, 0.15) is 18.1 Å². The molecule has 1 aromatic carbocycles. The summed E-state index contributed by atoms with van der Waals surface area (Å²) in [4.78, 5) is 14.5. The Labute approximate surface area is 202 Å². The van der Waals surface area contributed by atoms with Crippen LogP contribution in [-0.2, 0) is 9.53 Å². The highest BCUT2D eigenvalue weighted by atomic mass is 16.5. The van der Waals surface area contributed by atoms with Crippen molar-refractivity contribution < 1.29 is 19.0 Å². The zero-order valence-electron chi connectivity index (χ0n) is 20.9. The van der Waals surface area contributed by atoms with Crippen LogP contribution >= 0.6 is 0 Å². The van der Waals surface area contributed by atoms with Crippen molar-refractivity contribution in [2.75, 3.05) is 26.8 Å². The van der Waals surface area contributed by atoms with E-state index in [4.69, 9.17) is 14.2 Å². The molecule has 1 aromatic heterocycles. The maximum Gasteiger partial charge on any atom is 0.228 e. The van der Waals surface area contributed by atoms with Crippen molar-refractivity contribution in [3.05, 3.63) is 36.2 Å². The van der Waals surface area contributed by atoms with E-state index in [-0.39, 0.29) is 36.7 Å². The van der Waals surface area contributed by atoms with E-state index in [1.807, 2.05) is 60.8 Å². The van der Waals surface area contributed by atoms with E-state index in [2.05, 4.69) is 29.1 Å². The highest BCUT2D eigenvalue weighted by molar-refractivity contribution is 5.79. The van der Waals surface area contributed by atoms with Gasteiger partial charge in [0.2, 0.25) is 5.91 Å². The molecule has 1 aliphatic rings. The second kappa shape index (κ2) is 12.4. The number of amides is 1. The highest BCUT2D eigenvalue weighted by Crippen LogP contribution is 2.31. The number of rotatable bonds is 10. The molecular formula is C26H36N4O4. The number of carbonyl (C=O) groups excluding carboxylic acids is 1. The number of methoxy groups -OCH3 is 1. The van der Waals surface area contributed by atoms with Gasteiger partial charge in [-0.3, -0.25) is 4.79 Å². The summed E-state index contributed by atoms with van der Waals surface area (Å²) >= 11 is 0. The van der Waals surface area contributed by atoms with Gasteiger partial charge in [-0.15, -0.1) is 5.10 Å². The third-order valence-electron chi connectivity index (χ3n) is 6.32. The molecule has 0 bridgehead atoms. The van der Waals surface area contributed by atoms with Gasteiger partial charge in [0.25, 0.3) is 0 Å². The number of aromatic nitrogens is 3. The van der Waals surface area contributed by atoms with Gasteiger partial charge in [-0.05, 0) is 70.2 Å². The maximum absolute atomic E-state index is 12.7. The van der Waals surface area contributed by atoms with E-state index in [0.29, 0.717) is 5.69 Å². The summed E-state index contributed by atoms with van der Waals surface area (Å²) in [5.41, 5.74) is 0.605. The summed E-state index contributed by atoms with van der Waals surface area (Å²) in [5, 5.41) is 8.39. The molecule has 8 heteroatoms. The fraction of sp³-hybridized carbons (Fsp3) is 0.577. The number of benzene rings is 1. The van der Waals surface area contributed by atoms with Gasteiger partial charge in [0.15, 0.2) is 5.69 Å². The van der Waals surface area contributed by atoms with E-state index < -0.39 is 0 Å². The summed E-state index contributed by atoms with van der Waals surface area (Å²) in [6.45, 7) is 9.84. The van der Waals surface area contributed by atoms with Gasteiger partial charge >= 0.3 is 0 Å². The predicted octanol–water partition coefficient (Wildman–Crippen LogP) is 3.72. The smallest absolute Gasteiger partial charge is 0.228 e. The van der Waals surface area contributed by atoms with Crippen molar-refractivity contribution in [3.63, 3.8) is 0 Å². The van der Waals surface area contributed by atoms with Crippen LogP contribution in [0.3, 0.4) is 0 Å². The van der Waals surface area contributed by atoms with Gasteiger partial charge in [-0.2, -0.15) is 0 Å². The zero-order valence-corrected chi connectivity index (χ0v) is 20.9. The molecule has 0 N–H and O–H groups in total. The first-order chi connectivity index (χ1) is 16.4. The SMILES string of the molecule is CCN(CC)C(=O)[C@H](C)[C@H]1CC[C@@H](C[C@@H](C)n2cc(C#CCOc3ccc(OC)cc3)nn2)O1. The molecule has 1 aliphatic heterocycles. The average Bonchev–Trinajstić information content (AvgIpc) is 3.52. The Hall–Kier alpha value is -3.05. The lowest BCUT2D eigenvalue weighted by molar-refractivity contribution is -0.139. The van der Waals surface area contributed by atoms with E-state index in [0.717, 1.165) is 43.9 Å². The second-order valence-electron chi connectivity index (χ2n) is 8.61. The van der Waals surface area contributed by atoms with Crippen LogP contribution in [0.15, 0.2) is 30.5 Å². The Kier molecular flexibility index (Phi) is 9.34. The lowest BCUT2D eigenvalue weighted by Crippen LogP contribution is -2.39. The monoisotopic (exact) mass is 468 g/mol. The van der Waals surface area contributed by atoms with Crippen molar-refractivity contribution in [3.8, 4) is 23.3 Å². The Bertz CT molecular complexity index is 975. The molecule has 2 aromatic rings. The standard InChI is InChI=1S/C26H36N4O4/c1-6-29(7-2)26(31)20(4)25-15-14-24(34-25)17-19(3)30-18-21(27-28-30)9-8-16-33-23-12-10-22(32-5)11-13-23/h10-13,18-20,24-25H,6-7,14-17H2,1-5H3/t19-,20-,24+,25-/m1/s1. The topological polar surface area (TPSA) is 78.7 Å². The van der Waals surface area contributed by atoms with Crippen molar-refractivity contribution in [1.29, 1.82) is 0 Å². The van der Waals surface area contributed by atoms with Gasteiger partial charge < -0.3 is 19.1 Å². The van der Waals surface area contributed by atoms with Gasteiger partial charge in [-0.25, -0.2) is 4.68 Å². The first kappa shape index (κ1) is 25.6. The lowest BCUT2D eigenvalue weighted by Gasteiger charge is -2.26. The quantitative estimate of drug-likeness (QED) is 0.495. The Balaban J connectivity index is 1.46. The molecule has 2 heterocycles. The molecule has 0 radical (unpaired) electrons. The predicted molar refractivity (Wildman–Crippen MR) is 130 cm³/mol. The molecule has 0 aliphatic carbocycles. The first-order valence-corrected chi connectivity index (χ1v) is 12.1. The Morgan fingerprint density at radius 3 is 2.59 bits per heavy atom. The summed E-state index contributed by atoms with van der Waals surface area (Å²) in [6, 6.07) is 7.49. The normalized spacial score (nSPS) is 19.1. The number of ether oxygens (including phenoxy) is 3. The minimum atomic E-state index is -0.117. The van der Waals surface area contributed by atoms with Crippen LogP contribution in [0.25, 0.3) is 0 Å². The largest absolute Gasteiger partial charge is 0.497 e. The maximum atomic E-state index is 12.7. The third-order valence-corrected chi connectivity index (χ3v) is 6.32. The van der Waals surface area contributed by atoms with E-state index in [9.17, 15) is 4.79 Å². The molecule has 1 saturated heterocycles. The average molecular weight is 469 g/mol. The van der Waals surface area contributed by atoms with E-state index >= 15 is 0 Å². The molecule has 3 rings (SSSR count). The van der Waals surface area contributed by atoms with Crippen LogP contribution in [0.4, 0.5) is 0 Å². The second-order valence-corrected chi connectivity index (χ2v) is 8.61. The van der Waals surface area contributed by atoms with Crippen LogP contribution in [-0.4, -0.2) is 64.8 Å². The zero-order chi connectivity index (χ0) is 24.5. The molecular weight excluding hydrogens is 432 g/mol. The van der Waals surface area contributed by atoms with Crippen molar-refractivity contribution in [1.82, 2.24) is 19.9 Å². The van der Waals surface area contributed by atoms with Gasteiger partial charge in [-0.1, -0.05) is 18.1 Å². The Morgan fingerprint density at radius 2 is 1.91 bits per heavy atom. The van der Waals surface area contributed by atoms with Gasteiger partial charge in [0, 0.05) is 13.1 Å². The summed E-state index contributed by atoms with van der Waals surface area (Å²) in [6.07, 6.45) is 4.63. The number of hydrogen-bond acceptors (Lipinski definition) is 6. The molecule has 1 amide bonds. The highest BCUT2D eigenvalue weighted by Gasteiger charge is 2.35. The molecule has 0 saturated carbocycles. The van der Waals surface area contributed by atoms with Crippen LogP contribution < -0.4 is 9.47 Å². The summed E-state index contributed by atoms with van der Waals surface area (Å²) in [5.74, 6) is 7.54. The van der Waals surface area contributed by atoms with Crippen molar-refractivity contribution in [2.24, 2.45) is 5.92 Å². The van der Waals surface area contributed by atoms with E-state index in [1.54, 1.807) is 7.11 Å². The minimum Gasteiger partial charge on any atom is -0.497 e. The Morgan fingerprint density at radius 1 is 1.21 bits per heavy atom.